The monoisotopic (exact) mass is 223 g/mol. The molecule has 87 valence electrons. The summed E-state index contributed by atoms with van der Waals surface area (Å²) in [6, 6.07) is 0. The van der Waals surface area contributed by atoms with Gasteiger partial charge in [0.2, 0.25) is 0 Å². The number of carbonyl (C=O) groups is 1. The number of nitrogens with zero attached hydrogens (tertiary/aromatic N) is 3. The van der Waals surface area contributed by atoms with E-state index in [1.54, 1.807) is 10.8 Å². The number of rotatable bonds is 4. The van der Waals surface area contributed by atoms with Gasteiger partial charge in [-0.15, -0.1) is 0 Å². The molecular weight excluding hydrogens is 208 g/mol. The Balaban J connectivity index is 1.88. The van der Waals surface area contributed by atoms with Crippen LogP contribution in [-0.2, 0) is 11.3 Å². The molecule has 0 aliphatic carbocycles. The van der Waals surface area contributed by atoms with Crippen LogP contribution in [0.4, 0.5) is 0 Å². The molecular formula is C10H15N4O2. The van der Waals surface area contributed by atoms with E-state index in [9.17, 15) is 4.79 Å². The van der Waals surface area contributed by atoms with Gasteiger partial charge in [0, 0.05) is 32.4 Å². The molecule has 1 saturated heterocycles. The van der Waals surface area contributed by atoms with E-state index in [1.165, 1.54) is 0 Å². The van der Waals surface area contributed by atoms with E-state index in [-0.39, 0.29) is 5.82 Å². The summed E-state index contributed by atoms with van der Waals surface area (Å²) in [5.74, 6) is -0.239. The molecule has 0 atom stereocenters. The predicted octanol–water partition coefficient (Wildman–Crippen LogP) is -0.886. The molecule has 2 heterocycles. The van der Waals surface area contributed by atoms with Crippen LogP contribution in [0.1, 0.15) is 10.6 Å². The van der Waals surface area contributed by atoms with Gasteiger partial charge in [-0.1, -0.05) is 0 Å². The molecule has 0 aromatic carbocycles. The lowest BCUT2D eigenvalue weighted by atomic mass is 10.4. The number of amides is 1. The molecule has 6 heteroatoms. The fourth-order valence-electron chi connectivity index (χ4n) is 1.73. The first-order chi connectivity index (χ1) is 7.77. The fraction of sp³-hybridized carbons (Fsp3) is 0.600. The molecule has 0 spiro atoms. The Bertz CT molecular complexity index is 357. The van der Waals surface area contributed by atoms with E-state index in [0.29, 0.717) is 6.54 Å². The van der Waals surface area contributed by atoms with E-state index >= 15 is 0 Å². The molecule has 1 amide bonds. The van der Waals surface area contributed by atoms with Crippen LogP contribution < -0.4 is 5.73 Å². The molecule has 1 aliphatic rings. The number of ether oxygens (including phenoxy) is 1. The van der Waals surface area contributed by atoms with Gasteiger partial charge in [-0.25, -0.2) is 4.98 Å². The van der Waals surface area contributed by atoms with Crippen molar-refractivity contribution in [1.29, 1.82) is 0 Å². The molecule has 2 rings (SSSR count). The first-order valence-electron chi connectivity index (χ1n) is 5.30. The largest absolute Gasteiger partial charge is 0.379 e. The number of carbonyl (C=O) groups excluding carboxylic acids is 1. The molecule has 0 saturated carbocycles. The number of nitrogens with two attached hydrogens (primary N) is 1. The first-order valence-corrected chi connectivity index (χ1v) is 5.30. The normalized spacial score (nSPS) is 17.5. The van der Waals surface area contributed by atoms with Crippen molar-refractivity contribution < 1.29 is 9.53 Å². The van der Waals surface area contributed by atoms with Crippen molar-refractivity contribution in [1.82, 2.24) is 14.5 Å². The number of hydrogen-bond acceptors (Lipinski definition) is 4. The Hall–Kier alpha value is -1.40. The minimum atomic E-state index is -0.511. The SMILES string of the molecule is NC(=O)c1n[c]cn1CCN1CCOCC1. The molecule has 0 bridgehead atoms. The van der Waals surface area contributed by atoms with Gasteiger partial charge in [0.15, 0.2) is 5.82 Å². The van der Waals surface area contributed by atoms with Gasteiger partial charge < -0.3 is 15.0 Å². The minimum absolute atomic E-state index is 0.272. The second-order valence-corrected chi connectivity index (χ2v) is 3.71. The van der Waals surface area contributed by atoms with Crippen molar-refractivity contribution >= 4 is 5.91 Å². The lowest BCUT2D eigenvalue weighted by Gasteiger charge is -2.26. The van der Waals surface area contributed by atoms with Crippen molar-refractivity contribution in [2.45, 2.75) is 6.54 Å². The summed E-state index contributed by atoms with van der Waals surface area (Å²) in [7, 11) is 0. The zero-order valence-corrected chi connectivity index (χ0v) is 9.06. The molecule has 1 aromatic heterocycles. The van der Waals surface area contributed by atoms with Crippen LogP contribution in [0.25, 0.3) is 0 Å². The molecule has 1 aliphatic heterocycles. The molecule has 0 unspecified atom stereocenters. The number of aromatic nitrogens is 2. The molecule has 1 radical (unpaired) electrons. The van der Waals surface area contributed by atoms with Crippen LogP contribution in [0.15, 0.2) is 6.20 Å². The number of imidazole rings is 1. The van der Waals surface area contributed by atoms with Crippen LogP contribution in [0.3, 0.4) is 0 Å². The van der Waals surface area contributed by atoms with E-state index in [2.05, 4.69) is 16.1 Å². The maximum atomic E-state index is 11.0. The van der Waals surface area contributed by atoms with Gasteiger partial charge >= 0.3 is 0 Å². The van der Waals surface area contributed by atoms with Gasteiger partial charge in [0.25, 0.3) is 5.91 Å². The molecule has 6 nitrogen and oxygen atoms in total. The number of primary amides is 1. The van der Waals surface area contributed by atoms with Crippen LogP contribution in [-0.4, -0.2) is 53.2 Å². The average Bonchev–Trinajstić information content (AvgIpc) is 2.76. The third-order valence-corrected chi connectivity index (χ3v) is 2.64. The summed E-state index contributed by atoms with van der Waals surface area (Å²) in [4.78, 5) is 17.1. The maximum Gasteiger partial charge on any atom is 0.284 e. The highest BCUT2D eigenvalue weighted by atomic mass is 16.5. The highest BCUT2D eigenvalue weighted by Crippen LogP contribution is 2.00. The zero-order valence-electron chi connectivity index (χ0n) is 9.06. The van der Waals surface area contributed by atoms with E-state index in [0.717, 1.165) is 32.8 Å². The van der Waals surface area contributed by atoms with Gasteiger partial charge in [-0.05, 0) is 0 Å². The molecule has 2 N–H and O–H groups in total. The van der Waals surface area contributed by atoms with Crippen LogP contribution in [0, 0.1) is 6.20 Å². The third kappa shape index (κ3) is 2.59. The molecule has 16 heavy (non-hydrogen) atoms. The summed E-state index contributed by atoms with van der Waals surface area (Å²) in [5.41, 5.74) is 5.19. The van der Waals surface area contributed by atoms with E-state index < -0.39 is 5.91 Å². The van der Waals surface area contributed by atoms with E-state index in [1.807, 2.05) is 0 Å². The maximum absolute atomic E-state index is 11.0. The summed E-state index contributed by atoms with van der Waals surface area (Å²) in [6.07, 6.45) is 4.29. The lowest BCUT2D eigenvalue weighted by molar-refractivity contribution is 0.0363. The van der Waals surface area contributed by atoms with Crippen LogP contribution in [0.5, 0.6) is 0 Å². The van der Waals surface area contributed by atoms with Crippen LogP contribution in [0.2, 0.25) is 0 Å². The van der Waals surface area contributed by atoms with Gasteiger partial charge in [0.05, 0.1) is 13.2 Å². The minimum Gasteiger partial charge on any atom is -0.379 e. The van der Waals surface area contributed by atoms with Crippen molar-refractivity contribution in [2.75, 3.05) is 32.8 Å². The van der Waals surface area contributed by atoms with Crippen molar-refractivity contribution in [3.63, 3.8) is 0 Å². The van der Waals surface area contributed by atoms with Crippen LogP contribution >= 0.6 is 0 Å². The fourth-order valence-corrected chi connectivity index (χ4v) is 1.73. The topological polar surface area (TPSA) is 73.4 Å². The third-order valence-electron chi connectivity index (χ3n) is 2.64. The second kappa shape index (κ2) is 5.09. The number of morpholine rings is 1. The Morgan fingerprint density at radius 3 is 2.94 bits per heavy atom. The van der Waals surface area contributed by atoms with Gasteiger partial charge in [0.1, 0.15) is 6.20 Å². The average molecular weight is 223 g/mol. The van der Waals surface area contributed by atoms with Gasteiger partial charge in [-0.3, -0.25) is 9.69 Å². The quantitative estimate of drug-likeness (QED) is 0.719. The van der Waals surface area contributed by atoms with E-state index in [4.69, 9.17) is 10.5 Å². The van der Waals surface area contributed by atoms with Crippen molar-refractivity contribution in [3.05, 3.63) is 18.2 Å². The summed E-state index contributed by atoms with van der Waals surface area (Å²) in [6.45, 7) is 4.99. The highest BCUT2D eigenvalue weighted by Gasteiger charge is 2.12. The van der Waals surface area contributed by atoms with Crippen molar-refractivity contribution in [3.8, 4) is 0 Å². The Morgan fingerprint density at radius 1 is 1.50 bits per heavy atom. The van der Waals surface area contributed by atoms with Gasteiger partial charge in [-0.2, -0.15) is 0 Å². The second-order valence-electron chi connectivity index (χ2n) is 3.71. The zero-order chi connectivity index (χ0) is 11.4. The first kappa shape index (κ1) is 11.1. The predicted molar refractivity (Wildman–Crippen MR) is 56.8 cm³/mol. The summed E-state index contributed by atoms with van der Waals surface area (Å²) >= 11 is 0. The number of hydrogen-bond donors (Lipinski definition) is 1. The Labute approximate surface area is 94.0 Å². The highest BCUT2D eigenvalue weighted by molar-refractivity contribution is 5.89. The lowest BCUT2D eigenvalue weighted by Crippen LogP contribution is -2.38. The summed E-state index contributed by atoms with van der Waals surface area (Å²) < 4.78 is 6.99. The molecule has 1 fully saturated rings. The Kier molecular flexibility index (Phi) is 3.53. The van der Waals surface area contributed by atoms with Crippen molar-refractivity contribution in [2.24, 2.45) is 5.73 Å². The Morgan fingerprint density at radius 2 is 2.25 bits per heavy atom. The summed E-state index contributed by atoms with van der Waals surface area (Å²) in [5, 5.41) is 0. The smallest absolute Gasteiger partial charge is 0.284 e. The standard InChI is InChI=1S/C10H15N4O2/c11-9(15)10-12-1-2-14(10)4-3-13-5-7-16-8-6-13/h2H,3-8H2,(H2,11,15). The molecule has 1 aromatic rings.